The summed E-state index contributed by atoms with van der Waals surface area (Å²) in [6, 6.07) is 8.00. The van der Waals surface area contributed by atoms with Crippen molar-refractivity contribution in [1.82, 2.24) is 14.9 Å². The minimum atomic E-state index is -3.08. The molecule has 210 valence electrons. The van der Waals surface area contributed by atoms with Gasteiger partial charge in [0.25, 0.3) is 11.8 Å². The number of carbonyl (C=O) groups excluding carboxylic acids is 2. The zero-order valence-electron chi connectivity index (χ0n) is 22.7. The number of pyridine rings is 1. The maximum atomic E-state index is 14.1. The number of hydrogen-bond acceptors (Lipinski definition) is 5. The van der Waals surface area contributed by atoms with E-state index in [-0.39, 0.29) is 23.7 Å². The molecule has 1 aliphatic carbocycles. The van der Waals surface area contributed by atoms with Crippen molar-refractivity contribution in [3.8, 4) is 0 Å². The number of amides is 2. The molecule has 1 aliphatic rings. The number of rotatable bonds is 6. The van der Waals surface area contributed by atoms with Gasteiger partial charge in [0.2, 0.25) is 0 Å². The number of nitrogens with one attached hydrogen (secondary N) is 3. The summed E-state index contributed by atoms with van der Waals surface area (Å²) in [4.78, 5) is 29.1. The van der Waals surface area contributed by atoms with Gasteiger partial charge in [-0.2, -0.15) is 8.78 Å². The predicted molar refractivity (Wildman–Crippen MR) is 149 cm³/mol. The third-order valence-corrected chi connectivity index (χ3v) is 6.76. The van der Waals surface area contributed by atoms with E-state index in [1.165, 1.54) is 6.07 Å². The summed E-state index contributed by atoms with van der Waals surface area (Å²) < 4.78 is 35.1. The third-order valence-electron chi connectivity index (χ3n) is 6.53. The lowest BCUT2D eigenvalue weighted by Gasteiger charge is -2.31. The maximum Gasteiger partial charge on any atom is 0.412 e. The molecule has 3 N–H and O–H groups in total. The summed E-state index contributed by atoms with van der Waals surface area (Å²) in [5, 5.41) is 10.3. The molecule has 3 aromatic rings. The first-order valence-corrected chi connectivity index (χ1v) is 13.3. The topological polar surface area (TPSA) is 97.3 Å². The molecular weight excluding hydrogens is 528 g/mol. The highest BCUT2D eigenvalue weighted by Crippen LogP contribution is 2.34. The molecule has 8 nitrogen and oxygen atoms in total. The summed E-state index contributed by atoms with van der Waals surface area (Å²) in [7, 11) is 1.73. The monoisotopic (exact) mass is 561 g/mol. The molecule has 1 fully saturated rings. The van der Waals surface area contributed by atoms with Crippen molar-refractivity contribution in [1.29, 1.82) is 0 Å². The summed E-state index contributed by atoms with van der Waals surface area (Å²) in [5.41, 5.74) is 0.961. The van der Waals surface area contributed by atoms with Crippen molar-refractivity contribution in [2.75, 3.05) is 10.6 Å². The molecule has 2 amide bonds. The van der Waals surface area contributed by atoms with Crippen molar-refractivity contribution < 1.29 is 23.1 Å². The number of carbonyl (C=O) groups is 2. The summed E-state index contributed by atoms with van der Waals surface area (Å²) in [5.74, 6) is -3.32. The van der Waals surface area contributed by atoms with Crippen LogP contribution in [0.2, 0.25) is 5.02 Å². The maximum absolute atomic E-state index is 14.1. The molecule has 1 aromatic carbocycles. The predicted octanol–water partition coefficient (Wildman–Crippen LogP) is 6.84. The minimum absolute atomic E-state index is 0.0353. The fraction of sp³-hybridized carbons (Fsp3) is 0.464. The van der Waals surface area contributed by atoms with Crippen LogP contribution in [0, 0.1) is 0 Å². The number of aromatic nitrogens is 2. The van der Waals surface area contributed by atoms with Gasteiger partial charge in [0, 0.05) is 48.3 Å². The fourth-order valence-electron chi connectivity index (χ4n) is 4.68. The molecule has 2 heterocycles. The van der Waals surface area contributed by atoms with Crippen molar-refractivity contribution in [2.24, 2.45) is 7.05 Å². The lowest BCUT2D eigenvalue weighted by atomic mass is 9.90. The van der Waals surface area contributed by atoms with Crippen LogP contribution >= 0.6 is 11.6 Å². The summed E-state index contributed by atoms with van der Waals surface area (Å²) in [6.07, 6.45) is 3.98. The minimum Gasteiger partial charge on any atom is -0.444 e. The van der Waals surface area contributed by atoms with E-state index >= 15 is 0 Å². The molecule has 0 aliphatic heterocycles. The Labute approximate surface area is 231 Å². The van der Waals surface area contributed by atoms with E-state index in [4.69, 9.17) is 16.3 Å². The van der Waals surface area contributed by atoms with E-state index in [1.54, 1.807) is 62.8 Å². The number of alkyl halides is 2. The molecule has 0 radical (unpaired) electrons. The Bertz CT molecular complexity index is 1370. The van der Waals surface area contributed by atoms with Crippen molar-refractivity contribution in [3.63, 3.8) is 0 Å². The largest absolute Gasteiger partial charge is 0.444 e. The third kappa shape index (κ3) is 7.38. The standard InChI is InChI=1S/C28H34ClF2N5O3/c1-27(2,3)39-26(38)34-19-13-23(36(5)15-19)25(37)33-18-9-7-17(8-10-18)32-22-14-24(28(4,30)31)35-21-11-6-16(29)12-20(21)22/h6,11-15,17-18H,7-10H2,1-5H3,(H,32,35)(H,33,37)(H,34,38). The van der Waals surface area contributed by atoms with Crippen LogP contribution in [0.25, 0.3) is 10.9 Å². The van der Waals surface area contributed by atoms with E-state index in [0.29, 0.717) is 33.0 Å². The molecule has 11 heteroatoms. The van der Waals surface area contributed by atoms with E-state index < -0.39 is 17.6 Å². The Balaban J connectivity index is 1.37. The number of nitrogens with zero attached hydrogens (tertiary/aromatic N) is 2. The lowest BCUT2D eigenvalue weighted by Crippen LogP contribution is -2.40. The van der Waals surface area contributed by atoms with E-state index in [1.807, 2.05) is 0 Å². The number of benzene rings is 1. The van der Waals surface area contributed by atoms with Gasteiger partial charge in [-0.1, -0.05) is 11.6 Å². The first kappa shape index (κ1) is 28.6. The number of anilines is 2. The van der Waals surface area contributed by atoms with Gasteiger partial charge in [-0.25, -0.2) is 9.78 Å². The SMILES string of the molecule is Cn1cc(NC(=O)OC(C)(C)C)cc1C(=O)NC1CCC(Nc2cc(C(C)(F)F)nc3ccc(Cl)cc23)CC1. The Morgan fingerprint density at radius 3 is 2.36 bits per heavy atom. The van der Waals surface area contributed by atoms with Gasteiger partial charge >= 0.3 is 6.09 Å². The first-order valence-electron chi connectivity index (χ1n) is 12.9. The van der Waals surface area contributed by atoms with Crippen LogP contribution in [0.3, 0.4) is 0 Å². The number of aryl methyl sites for hydroxylation is 1. The van der Waals surface area contributed by atoms with Crippen molar-refractivity contribution in [3.05, 3.63) is 52.9 Å². The highest BCUT2D eigenvalue weighted by Gasteiger charge is 2.29. The van der Waals surface area contributed by atoms with Gasteiger partial charge in [-0.05, 0) is 76.8 Å². The normalized spacial score (nSPS) is 18.1. The van der Waals surface area contributed by atoms with Gasteiger partial charge in [0.05, 0.1) is 11.2 Å². The van der Waals surface area contributed by atoms with Crippen LogP contribution < -0.4 is 16.0 Å². The van der Waals surface area contributed by atoms with Gasteiger partial charge in [0.15, 0.2) is 0 Å². The molecule has 0 unspecified atom stereocenters. The Kier molecular flexibility index (Phi) is 8.07. The second-order valence-corrected chi connectivity index (χ2v) is 11.6. The zero-order chi connectivity index (χ0) is 28.5. The highest BCUT2D eigenvalue weighted by molar-refractivity contribution is 6.31. The van der Waals surface area contributed by atoms with E-state index in [0.717, 1.165) is 32.6 Å². The van der Waals surface area contributed by atoms with Crippen LogP contribution in [0.1, 0.15) is 69.6 Å². The number of ether oxygens (including phenoxy) is 1. The zero-order valence-corrected chi connectivity index (χ0v) is 23.5. The lowest BCUT2D eigenvalue weighted by molar-refractivity contribution is 0.0131. The second kappa shape index (κ2) is 11.0. The highest BCUT2D eigenvalue weighted by atomic mass is 35.5. The Hall–Kier alpha value is -3.40. The Morgan fingerprint density at radius 2 is 1.72 bits per heavy atom. The van der Waals surface area contributed by atoms with Crippen molar-refractivity contribution >= 4 is 45.9 Å². The average Bonchev–Trinajstić information content (AvgIpc) is 3.18. The Morgan fingerprint density at radius 1 is 1.05 bits per heavy atom. The molecule has 0 saturated heterocycles. The van der Waals surface area contributed by atoms with Crippen LogP contribution in [0.5, 0.6) is 0 Å². The summed E-state index contributed by atoms with van der Waals surface area (Å²) in [6.45, 7) is 6.15. The van der Waals surface area contributed by atoms with Crippen LogP contribution in [0.15, 0.2) is 36.5 Å². The van der Waals surface area contributed by atoms with Gasteiger partial charge in [-0.3, -0.25) is 10.1 Å². The van der Waals surface area contributed by atoms with Crippen LogP contribution in [0.4, 0.5) is 25.0 Å². The molecule has 0 spiro atoms. The molecule has 2 aromatic heterocycles. The summed E-state index contributed by atoms with van der Waals surface area (Å²) >= 11 is 6.17. The number of halogens is 3. The average molecular weight is 562 g/mol. The van der Waals surface area contributed by atoms with Gasteiger partial charge < -0.3 is 19.9 Å². The molecular formula is C28H34ClF2N5O3. The molecule has 0 bridgehead atoms. The quantitative estimate of drug-likeness (QED) is 0.306. The first-order chi connectivity index (χ1) is 18.2. The van der Waals surface area contributed by atoms with Crippen LogP contribution in [-0.4, -0.2) is 39.2 Å². The number of fused-ring (bicyclic) bond motifs is 1. The molecule has 0 atom stereocenters. The molecule has 1 saturated carbocycles. The van der Waals surface area contributed by atoms with Gasteiger partial charge in [0.1, 0.15) is 17.0 Å². The van der Waals surface area contributed by atoms with Gasteiger partial charge in [-0.15, -0.1) is 0 Å². The van der Waals surface area contributed by atoms with E-state index in [9.17, 15) is 18.4 Å². The van der Waals surface area contributed by atoms with Crippen molar-refractivity contribution in [2.45, 2.75) is 77.0 Å². The fourth-order valence-corrected chi connectivity index (χ4v) is 4.86. The van der Waals surface area contributed by atoms with Crippen LogP contribution in [-0.2, 0) is 17.7 Å². The number of hydrogen-bond donors (Lipinski definition) is 3. The molecule has 4 rings (SSSR count). The van der Waals surface area contributed by atoms with E-state index in [2.05, 4.69) is 20.9 Å². The molecule has 39 heavy (non-hydrogen) atoms. The smallest absolute Gasteiger partial charge is 0.412 e. The second-order valence-electron chi connectivity index (χ2n) is 11.1.